The van der Waals surface area contributed by atoms with Crippen LogP contribution in [0.3, 0.4) is 0 Å². The van der Waals surface area contributed by atoms with E-state index in [1.54, 1.807) is 11.1 Å². The van der Waals surface area contributed by atoms with E-state index in [2.05, 4.69) is 65.8 Å². The predicted molar refractivity (Wildman–Crippen MR) is 123 cm³/mol. The molecule has 0 aromatic rings. The molecule has 1 nitrogen and oxygen atoms in total. The number of aliphatic hydroxyl groups excluding tert-OH is 1. The van der Waals surface area contributed by atoms with Crippen molar-refractivity contribution >= 4 is 0 Å². The van der Waals surface area contributed by atoms with Crippen molar-refractivity contribution in [2.24, 2.45) is 46.3 Å². The van der Waals surface area contributed by atoms with Crippen LogP contribution in [0.25, 0.3) is 0 Å². The summed E-state index contributed by atoms with van der Waals surface area (Å²) in [4.78, 5) is 0. The summed E-state index contributed by atoms with van der Waals surface area (Å²) in [5.41, 5.74) is 4.11. The molecule has 8 atom stereocenters. The molecule has 0 radical (unpaired) electrons. The van der Waals surface area contributed by atoms with E-state index in [0.29, 0.717) is 28.6 Å². The summed E-state index contributed by atoms with van der Waals surface area (Å²) < 4.78 is 0. The van der Waals surface area contributed by atoms with E-state index in [9.17, 15) is 5.11 Å². The third-order valence-electron chi connectivity index (χ3n) is 9.94. The maximum absolute atomic E-state index is 10.2. The van der Waals surface area contributed by atoms with E-state index in [1.165, 1.54) is 32.1 Å². The molecule has 0 saturated heterocycles. The van der Waals surface area contributed by atoms with Gasteiger partial charge in [0.15, 0.2) is 0 Å². The van der Waals surface area contributed by atoms with Crippen LogP contribution in [0, 0.1) is 46.3 Å². The van der Waals surface area contributed by atoms with Crippen LogP contribution >= 0.6 is 0 Å². The molecule has 4 aliphatic carbocycles. The van der Waals surface area contributed by atoms with Crippen molar-refractivity contribution in [3.05, 3.63) is 35.5 Å². The van der Waals surface area contributed by atoms with Gasteiger partial charge in [0, 0.05) is 0 Å². The molecule has 0 heterocycles. The second kappa shape index (κ2) is 7.70. The van der Waals surface area contributed by atoms with Crippen LogP contribution in [0.4, 0.5) is 0 Å². The van der Waals surface area contributed by atoms with Crippen molar-refractivity contribution in [2.45, 2.75) is 92.6 Å². The fourth-order valence-corrected chi connectivity index (χ4v) is 7.44. The van der Waals surface area contributed by atoms with Gasteiger partial charge < -0.3 is 5.11 Å². The molecule has 2 fully saturated rings. The van der Waals surface area contributed by atoms with Gasteiger partial charge in [-0.05, 0) is 102 Å². The molecule has 0 aliphatic heterocycles. The average Bonchev–Trinajstić information content (AvgIpc) is 3.03. The highest BCUT2D eigenvalue weighted by molar-refractivity contribution is 5.46. The van der Waals surface area contributed by atoms with Crippen LogP contribution < -0.4 is 0 Å². The van der Waals surface area contributed by atoms with Crippen molar-refractivity contribution in [3.8, 4) is 0 Å². The largest absolute Gasteiger partial charge is 0.393 e. The minimum absolute atomic E-state index is 0.0748. The standard InChI is InChI=1S/C28H44O/c1-18(2)19(3)7-8-20(4)24-11-12-25-23-10-9-21-17-22(29)13-15-27(21,5)26(23)14-16-28(24,25)6/h7-8,10,14,18-22,24-25,29H,9,11-13,15-17H2,1-6H3/b8-7+/t19-,20+,21-,22-,24+,25-,27-,28+/m0/s1. The van der Waals surface area contributed by atoms with E-state index >= 15 is 0 Å². The Labute approximate surface area is 179 Å². The molecule has 1 N–H and O–H groups in total. The molecule has 162 valence electrons. The predicted octanol–water partition coefficient (Wildman–Crippen LogP) is 7.33. The smallest absolute Gasteiger partial charge is 0.0543 e. The summed E-state index contributed by atoms with van der Waals surface area (Å²) in [5.74, 6) is 4.23. The molecule has 0 unspecified atom stereocenters. The second-order valence-corrected chi connectivity index (χ2v) is 11.8. The van der Waals surface area contributed by atoms with Gasteiger partial charge in [0.2, 0.25) is 0 Å². The summed E-state index contributed by atoms with van der Waals surface area (Å²) in [7, 11) is 0. The zero-order valence-corrected chi connectivity index (χ0v) is 19.7. The minimum Gasteiger partial charge on any atom is -0.393 e. The van der Waals surface area contributed by atoms with Crippen LogP contribution in [-0.2, 0) is 0 Å². The van der Waals surface area contributed by atoms with Crippen molar-refractivity contribution in [1.29, 1.82) is 0 Å². The summed E-state index contributed by atoms with van der Waals surface area (Å²) in [6.07, 6.45) is 18.5. The molecular weight excluding hydrogens is 352 g/mol. The van der Waals surface area contributed by atoms with Crippen molar-refractivity contribution < 1.29 is 5.11 Å². The first-order valence-electron chi connectivity index (χ1n) is 12.4. The van der Waals surface area contributed by atoms with Gasteiger partial charge in [0.05, 0.1) is 6.10 Å². The summed E-state index contributed by atoms with van der Waals surface area (Å²) in [5, 5.41) is 10.2. The van der Waals surface area contributed by atoms with Crippen molar-refractivity contribution in [1.82, 2.24) is 0 Å². The fraction of sp³-hybridized carbons (Fsp3) is 0.786. The Morgan fingerprint density at radius 3 is 2.52 bits per heavy atom. The zero-order valence-electron chi connectivity index (χ0n) is 19.7. The number of hydrogen-bond acceptors (Lipinski definition) is 1. The maximum atomic E-state index is 10.2. The normalized spacial score (nSPS) is 44.0. The molecule has 0 aromatic carbocycles. The van der Waals surface area contributed by atoms with E-state index in [0.717, 1.165) is 30.6 Å². The molecule has 0 aromatic heterocycles. The topological polar surface area (TPSA) is 20.2 Å². The number of fused-ring (bicyclic) bond motifs is 5. The lowest BCUT2D eigenvalue weighted by molar-refractivity contribution is 0.0316. The number of hydrogen-bond donors (Lipinski definition) is 1. The first-order valence-corrected chi connectivity index (χ1v) is 12.4. The third kappa shape index (κ3) is 3.50. The summed E-state index contributed by atoms with van der Waals surface area (Å²) in [6.45, 7) is 14.6. The van der Waals surface area contributed by atoms with Crippen LogP contribution in [0.15, 0.2) is 35.5 Å². The molecular formula is C28H44O. The number of rotatable bonds is 4. The highest BCUT2D eigenvalue weighted by Crippen LogP contribution is 2.64. The van der Waals surface area contributed by atoms with Gasteiger partial charge in [0.25, 0.3) is 0 Å². The summed E-state index contributed by atoms with van der Waals surface area (Å²) >= 11 is 0. The zero-order chi connectivity index (χ0) is 21.0. The number of aliphatic hydroxyl groups is 1. The highest BCUT2D eigenvalue weighted by atomic mass is 16.3. The van der Waals surface area contributed by atoms with Gasteiger partial charge in [0.1, 0.15) is 0 Å². The molecule has 0 bridgehead atoms. The van der Waals surface area contributed by atoms with Crippen LogP contribution in [-0.4, -0.2) is 11.2 Å². The minimum atomic E-state index is -0.0748. The Kier molecular flexibility index (Phi) is 5.69. The Bertz CT molecular complexity index is 712. The van der Waals surface area contributed by atoms with Crippen LogP contribution in [0.1, 0.15) is 86.5 Å². The lowest BCUT2D eigenvalue weighted by atomic mass is 9.51. The molecule has 0 amide bonds. The first-order chi connectivity index (χ1) is 13.7. The molecule has 1 heteroatoms. The lowest BCUT2D eigenvalue weighted by Gasteiger charge is -2.53. The van der Waals surface area contributed by atoms with E-state index in [-0.39, 0.29) is 6.10 Å². The molecule has 4 aliphatic rings. The molecule has 29 heavy (non-hydrogen) atoms. The van der Waals surface area contributed by atoms with Gasteiger partial charge in [-0.15, -0.1) is 0 Å². The Balaban J connectivity index is 1.58. The summed E-state index contributed by atoms with van der Waals surface area (Å²) in [6, 6.07) is 0. The Morgan fingerprint density at radius 1 is 1.03 bits per heavy atom. The Hall–Kier alpha value is -0.820. The first kappa shape index (κ1) is 21.4. The number of allylic oxidation sites excluding steroid dienone is 6. The van der Waals surface area contributed by atoms with Gasteiger partial charge in [-0.2, -0.15) is 0 Å². The fourth-order valence-electron chi connectivity index (χ4n) is 7.44. The highest BCUT2D eigenvalue weighted by Gasteiger charge is 2.55. The van der Waals surface area contributed by atoms with Crippen LogP contribution in [0.5, 0.6) is 0 Å². The van der Waals surface area contributed by atoms with Gasteiger partial charge in [-0.1, -0.05) is 65.8 Å². The van der Waals surface area contributed by atoms with Crippen molar-refractivity contribution in [3.63, 3.8) is 0 Å². The van der Waals surface area contributed by atoms with E-state index in [1.807, 2.05) is 0 Å². The molecule has 4 rings (SSSR count). The Morgan fingerprint density at radius 2 is 1.79 bits per heavy atom. The van der Waals surface area contributed by atoms with E-state index in [4.69, 9.17) is 0 Å². The average molecular weight is 397 g/mol. The van der Waals surface area contributed by atoms with Gasteiger partial charge in [-0.25, -0.2) is 0 Å². The maximum Gasteiger partial charge on any atom is 0.0543 e. The second-order valence-electron chi connectivity index (χ2n) is 11.8. The SMILES string of the molecule is CC(C)[C@@H](C)/C=C/[C@@H](C)[C@H]1CC[C@H]2C3=CC[C@H]4C[C@@H](O)CC[C@]4(C)C3=CC[C@]12C. The third-order valence-corrected chi connectivity index (χ3v) is 9.94. The molecule has 2 saturated carbocycles. The van der Waals surface area contributed by atoms with Crippen molar-refractivity contribution in [2.75, 3.05) is 0 Å². The van der Waals surface area contributed by atoms with Crippen LogP contribution in [0.2, 0.25) is 0 Å². The van der Waals surface area contributed by atoms with Gasteiger partial charge in [-0.3, -0.25) is 0 Å². The quantitative estimate of drug-likeness (QED) is 0.493. The lowest BCUT2D eigenvalue weighted by Crippen LogP contribution is -2.44. The monoisotopic (exact) mass is 396 g/mol. The molecule has 0 spiro atoms. The van der Waals surface area contributed by atoms with Gasteiger partial charge >= 0.3 is 0 Å². The van der Waals surface area contributed by atoms with E-state index < -0.39 is 0 Å².